The van der Waals surface area contributed by atoms with Crippen LogP contribution in [0.15, 0.2) is 0 Å². The molecule has 0 aliphatic carbocycles. The van der Waals surface area contributed by atoms with Crippen molar-refractivity contribution >= 4 is 5.91 Å². The highest BCUT2D eigenvalue weighted by atomic mass is 19.3. The van der Waals surface area contributed by atoms with Gasteiger partial charge in [0.1, 0.15) is 0 Å². The largest absolute Gasteiger partial charge is 0.343 e. The van der Waals surface area contributed by atoms with Gasteiger partial charge in [-0.05, 0) is 6.92 Å². The number of hydrogen-bond donors (Lipinski definition) is 0. The standard InChI is InChI=1S/C9H16F2N2O/c1-9(10,11)3-4-13-6-5-12(2)8(14)7-13/h3-7H2,1-2H3. The maximum Gasteiger partial charge on any atom is 0.246 e. The molecule has 1 fully saturated rings. The fraction of sp³-hybridized carbons (Fsp3) is 0.889. The number of piperazine rings is 1. The van der Waals surface area contributed by atoms with Crippen LogP contribution in [0.25, 0.3) is 0 Å². The summed E-state index contributed by atoms with van der Waals surface area (Å²) < 4.78 is 25.1. The molecular weight excluding hydrogens is 190 g/mol. The molecule has 0 N–H and O–H groups in total. The first-order valence-corrected chi connectivity index (χ1v) is 4.72. The number of alkyl halides is 2. The van der Waals surface area contributed by atoms with E-state index in [-0.39, 0.29) is 18.9 Å². The van der Waals surface area contributed by atoms with E-state index in [1.807, 2.05) is 0 Å². The van der Waals surface area contributed by atoms with E-state index < -0.39 is 5.92 Å². The first kappa shape index (κ1) is 11.4. The quantitative estimate of drug-likeness (QED) is 0.682. The number of halogens is 2. The molecule has 0 atom stereocenters. The van der Waals surface area contributed by atoms with Gasteiger partial charge in [0.15, 0.2) is 0 Å². The highest BCUT2D eigenvalue weighted by Crippen LogP contribution is 2.17. The van der Waals surface area contributed by atoms with E-state index in [0.717, 1.165) is 6.92 Å². The van der Waals surface area contributed by atoms with E-state index in [9.17, 15) is 13.6 Å². The summed E-state index contributed by atoms with van der Waals surface area (Å²) in [6.07, 6.45) is -0.177. The molecule has 0 saturated carbocycles. The lowest BCUT2D eigenvalue weighted by Gasteiger charge is -2.32. The summed E-state index contributed by atoms with van der Waals surface area (Å²) in [5, 5.41) is 0. The first-order chi connectivity index (χ1) is 6.38. The number of carbonyl (C=O) groups excluding carboxylic acids is 1. The van der Waals surface area contributed by atoms with Crippen LogP contribution in [0.2, 0.25) is 0 Å². The second kappa shape index (κ2) is 4.21. The highest BCUT2D eigenvalue weighted by molar-refractivity contribution is 5.78. The Bertz CT molecular complexity index is 215. The second-order valence-electron chi connectivity index (χ2n) is 3.91. The van der Waals surface area contributed by atoms with Gasteiger partial charge in [-0.3, -0.25) is 9.69 Å². The predicted molar refractivity (Wildman–Crippen MR) is 49.3 cm³/mol. The van der Waals surface area contributed by atoms with Gasteiger partial charge in [-0.1, -0.05) is 0 Å². The highest BCUT2D eigenvalue weighted by Gasteiger charge is 2.25. The molecule has 0 bridgehead atoms. The average Bonchev–Trinajstić information content (AvgIpc) is 2.06. The molecule has 0 radical (unpaired) electrons. The van der Waals surface area contributed by atoms with E-state index in [0.29, 0.717) is 19.6 Å². The van der Waals surface area contributed by atoms with Crippen LogP contribution in [0.5, 0.6) is 0 Å². The third-order valence-corrected chi connectivity index (χ3v) is 2.40. The van der Waals surface area contributed by atoms with Crippen molar-refractivity contribution in [2.24, 2.45) is 0 Å². The Morgan fingerprint density at radius 3 is 2.57 bits per heavy atom. The Hall–Kier alpha value is -0.710. The monoisotopic (exact) mass is 206 g/mol. The fourth-order valence-corrected chi connectivity index (χ4v) is 1.35. The summed E-state index contributed by atoms with van der Waals surface area (Å²) >= 11 is 0. The molecule has 0 spiro atoms. The minimum absolute atomic E-state index is 0.00988. The van der Waals surface area contributed by atoms with Crippen molar-refractivity contribution in [2.75, 3.05) is 33.2 Å². The van der Waals surface area contributed by atoms with Gasteiger partial charge in [0, 0.05) is 33.1 Å². The van der Waals surface area contributed by atoms with Gasteiger partial charge in [-0.2, -0.15) is 0 Å². The van der Waals surface area contributed by atoms with Crippen LogP contribution in [0.4, 0.5) is 8.78 Å². The van der Waals surface area contributed by atoms with Crippen molar-refractivity contribution in [3.63, 3.8) is 0 Å². The van der Waals surface area contributed by atoms with E-state index in [4.69, 9.17) is 0 Å². The number of likely N-dealkylation sites (N-methyl/N-ethyl adjacent to an activating group) is 1. The van der Waals surface area contributed by atoms with Gasteiger partial charge < -0.3 is 4.90 Å². The summed E-state index contributed by atoms with van der Waals surface area (Å²) in [4.78, 5) is 14.6. The minimum Gasteiger partial charge on any atom is -0.343 e. The maximum absolute atomic E-state index is 12.5. The summed E-state index contributed by atoms with van der Waals surface area (Å²) in [5.41, 5.74) is 0. The zero-order chi connectivity index (χ0) is 10.8. The zero-order valence-corrected chi connectivity index (χ0v) is 8.59. The third kappa shape index (κ3) is 3.57. The van der Waals surface area contributed by atoms with Crippen molar-refractivity contribution in [1.82, 2.24) is 9.80 Å². The van der Waals surface area contributed by atoms with Gasteiger partial charge in [0.25, 0.3) is 0 Å². The second-order valence-corrected chi connectivity index (χ2v) is 3.91. The number of carbonyl (C=O) groups is 1. The molecule has 82 valence electrons. The predicted octanol–water partition coefficient (Wildman–Crippen LogP) is 0.806. The molecule has 0 unspecified atom stereocenters. The molecule has 1 aliphatic heterocycles. The number of hydrogen-bond acceptors (Lipinski definition) is 2. The summed E-state index contributed by atoms with van der Waals surface area (Å²) in [7, 11) is 1.73. The molecule has 5 heteroatoms. The van der Waals surface area contributed by atoms with E-state index >= 15 is 0 Å². The number of nitrogens with zero attached hydrogens (tertiary/aromatic N) is 2. The van der Waals surface area contributed by atoms with Crippen LogP contribution in [-0.4, -0.2) is 54.9 Å². The minimum atomic E-state index is -2.63. The van der Waals surface area contributed by atoms with Gasteiger partial charge >= 0.3 is 0 Å². The Morgan fingerprint density at radius 1 is 1.43 bits per heavy atom. The summed E-state index contributed by atoms with van der Waals surface area (Å²) in [6.45, 7) is 2.80. The van der Waals surface area contributed by atoms with Crippen LogP contribution < -0.4 is 0 Å². The first-order valence-electron chi connectivity index (χ1n) is 4.72. The van der Waals surface area contributed by atoms with Crippen molar-refractivity contribution < 1.29 is 13.6 Å². The van der Waals surface area contributed by atoms with Crippen molar-refractivity contribution in [1.29, 1.82) is 0 Å². The average molecular weight is 206 g/mol. The van der Waals surface area contributed by atoms with Gasteiger partial charge in [-0.15, -0.1) is 0 Å². The Kier molecular flexibility index (Phi) is 3.42. The van der Waals surface area contributed by atoms with Crippen LogP contribution in [0.3, 0.4) is 0 Å². The lowest BCUT2D eigenvalue weighted by molar-refractivity contribution is -0.134. The fourth-order valence-electron chi connectivity index (χ4n) is 1.35. The molecule has 0 aromatic heterocycles. The zero-order valence-electron chi connectivity index (χ0n) is 8.59. The lowest BCUT2D eigenvalue weighted by atomic mass is 10.2. The molecule has 0 aromatic rings. The normalized spacial score (nSPS) is 20.3. The molecule has 3 nitrogen and oxygen atoms in total. The van der Waals surface area contributed by atoms with Crippen molar-refractivity contribution in [3.8, 4) is 0 Å². The van der Waals surface area contributed by atoms with E-state index in [1.54, 1.807) is 16.8 Å². The molecular formula is C9H16F2N2O. The van der Waals surface area contributed by atoms with Crippen molar-refractivity contribution in [3.05, 3.63) is 0 Å². The Morgan fingerprint density at radius 2 is 2.07 bits per heavy atom. The molecule has 1 rings (SSSR count). The topological polar surface area (TPSA) is 23.6 Å². The molecule has 14 heavy (non-hydrogen) atoms. The van der Waals surface area contributed by atoms with Crippen molar-refractivity contribution in [2.45, 2.75) is 19.3 Å². The molecule has 1 saturated heterocycles. The smallest absolute Gasteiger partial charge is 0.246 e. The van der Waals surface area contributed by atoms with Crippen LogP contribution >= 0.6 is 0 Å². The van der Waals surface area contributed by atoms with Gasteiger partial charge in [-0.25, -0.2) is 8.78 Å². The summed E-state index contributed by atoms with van der Waals surface area (Å²) in [6, 6.07) is 0. The lowest BCUT2D eigenvalue weighted by Crippen LogP contribution is -2.49. The molecule has 1 amide bonds. The number of amides is 1. The van der Waals surface area contributed by atoms with Crippen LogP contribution in [-0.2, 0) is 4.79 Å². The third-order valence-electron chi connectivity index (χ3n) is 2.40. The molecule has 1 heterocycles. The van der Waals surface area contributed by atoms with E-state index in [2.05, 4.69) is 0 Å². The molecule has 1 aliphatic rings. The van der Waals surface area contributed by atoms with Crippen LogP contribution in [0, 0.1) is 0 Å². The maximum atomic E-state index is 12.5. The SMILES string of the molecule is CN1CCN(CCC(C)(F)F)CC1=O. The Labute approximate surface area is 82.7 Å². The summed E-state index contributed by atoms with van der Waals surface area (Å²) in [5.74, 6) is -2.62. The molecule has 0 aromatic carbocycles. The van der Waals surface area contributed by atoms with Gasteiger partial charge in [0.2, 0.25) is 11.8 Å². The Balaban J connectivity index is 2.30. The van der Waals surface area contributed by atoms with Crippen LogP contribution in [0.1, 0.15) is 13.3 Å². The van der Waals surface area contributed by atoms with Gasteiger partial charge in [0.05, 0.1) is 6.54 Å². The number of rotatable bonds is 3. The van der Waals surface area contributed by atoms with E-state index in [1.165, 1.54) is 0 Å².